The first-order valence-electron chi connectivity index (χ1n) is 15.1. The number of benzene rings is 1. The monoisotopic (exact) mass is 684 g/mol. The van der Waals surface area contributed by atoms with Crippen LogP contribution in [0.25, 0.3) is 0 Å². The maximum Gasteiger partial charge on any atom is 0.490 e. The van der Waals surface area contributed by atoms with E-state index in [2.05, 4.69) is 27.7 Å². The number of aliphatic carboxylic acids is 2. The highest BCUT2D eigenvalue weighted by Crippen LogP contribution is 2.19. The van der Waals surface area contributed by atoms with Gasteiger partial charge in [0, 0.05) is 19.6 Å². The maximum atomic E-state index is 11.9. The summed E-state index contributed by atoms with van der Waals surface area (Å²) in [7, 11) is 0. The summed E-state index contributed by atoms with van der Waals surface area (Å²) >= 11 is 0. The highest BCUT2D eigenvalue weighted by atomic mass is 19.4. The maximum absolute atomic E-state index is 11.9. The lowest BCUT2D eigenvalue weighted by molar-refractivity contribution is -0.193. The summed E-state index contributed by atoms with van der Waals surface area (Å²) in [5, 5.41) is 20.5. The Morgan fingerprint density at radius 2 is 1.28 bits per heavy atom. The van der Waals surface area contributed by atoms with Crippen LogP contribution in [0.5, 0.6) is 5.75 Å². The molecule has 1 aliphatic heterocycles. The quantitative estimate of drug-likeness (QED) is 0.0940. The Bertz CT molecular complexity index is 1270. The minimum absolute atomic E-state index is 0.414. The molecule has 1 heterocycles. The van der Waals surface area contributed by atoms with Gasteiger partial charge in [-0.3, -0.25) is 14.5 Å². The lowest BCUT2D eigenvalue weighted by Crippen LogP contribution is -2.37. The Morgan fingerprint density at radius 3 is 1.79 bits per heavy atom. The average Bonchev–Trinajstić information content (AvgIpc) is 3.01. The molecule has 3 rings (SSSR count). The largest absolute Gasteiger partial charge is 0.494 e. The van der Waals surface area contributed by atoms with Crippen LogP contribution in [-0.4, -0.2) is 78.7 Å². The fourth-order valence-electron chi connectivity index (χ4n) is 4.33. The van der Waals surface area contributed by atoms with E-state index in [1.54, 1.807) is 0 Å². The van der Waals surface area contributed by atoms with Gasteiger partial charge in [-0.1, -0.05) is 37.8 Å². The Morgan fingerprint density at radius 1 is 0.787 bits per heavy atom. The summed E-state index contributed by atoms with van der Waals surface area (Å²) in [6.45, 7) is 5.94. The number of carboxylic acids is 2. The number of rotatable bonds is 16. The van der Waals surface area contributed by atoms with Gasteiger partial charge in [0.25, 0.3) is 10.9 Å². The first-order chi connectivity index (χ1) is 22.1. The SMILES string of the molecule is NCCCCCCCNc1c(NCCCOc2cccc(CN3CCCCC3)c2)c(=O)c1=O.O=C(O)C(F)(F)F.O=C(O)C(F)(F)F. The number of unbranched alkanes of at least 4 members (excludes halogenated alkanes) is 4. The first-order valence-corrected chi connectivity index (χ1v) is 15.1. The number of hydrogen-bond donors (Lipinski definition) is 5. The molecule has 1 saturated heterocycles. The second kappa shape index (κ2) is 21.1. The number of hydrogen-bond acceptors (Lipinski definition) is 9. The smallest absolute Gasteiger partial charge is 0.490 e. The molecule has 0 unspecified atom stereocenters. The van der Waals surface area contributed by atoms with Crippen LogP contribution in [0.3, 0.4) is 0 Å². The second-order valence-corrected chi connectivity index (χ2v) is 10.6. The molecule has 0 saturated carbocycles. The molecule has 0 amide bonds. The number of carbonyl (C=O) groups is 2. The third-order valence-corrected chi connectivity index (χ3v) is 6.72. The number of carboxylic acid groups (broad SMARTS) is 2. The molecule has 0 bridgehead atoms. The summed E-state index contributed by atoms with van der Waals surface area (Å²) in [5.74, 6) is -4.63. The predicted molar refractivity (Wildman–Crippen MR) is 164 cm³/mol. The third kappa shape index (κ3) is 17.0. The van der Waals surface area contributed by atoms with Crippen molar-refractivity contribution < 1.29 is 50.9 Å². The van der Waals surface area contributed by atoms with Gasteiger partial charge in [0.05, 0.1) is 6.61 Å². The molecular weight excluding hydrogens is 642 g/mol. The molecule has 2 aromatic carbocycles. The van der Waals surface area contributed by atoms with Crippen molar-refractivity contribution >= 4 is 23.3 Å². The van der Waals surface area contributed by atoms with Crippen LogP contribution in [0.15, 0.2) is 33.9 Å². The molecule has 17 heteroatoms. The van der Waals surface area contributed by atoms with Crippen LogP contribution in [0.2, 0.25) is 0 Å². The van der Waals surface area contributed by atoms with Gasteiger partial charge in [0.15, 0.2) is 0 Å². The highest BCUT2D eigenvalue weighted by molar-refractivity contribution is 5.74. The molecule has 2 aromatic rings. The van der Waals surface area contributed by atoms with Crippen LogP contribution in [0, 0.1) is 0 Å². The molecule has 47 heavy (non-hydrogen) atoms. The van der Waals surface area contributed by atoms with Gasteiger partial charge >= 0.3 is 24.3 Å². The van der Waals surface area contributed by atoms with Crippen LogP contribution in [0.1, 0.15) is 63.4 Å². The van der Waals surface area contributed by atoms with Crippen molar-refractivity contribution in [1.29, 1.82) is 0 Å². The van der Waals surface area contributed by atoms with Crippen molar-refractivity contribution in [1.82, 2.24) is 4.90 Å². The molecule has 6 N–H and O–H groups in total. The zero-order valence-corrected chi connectivity index (χ0v) is 25.9. The number of ether oxygens (including phenoxy) is 1. The van der Waals surface area contributed by atoms with Crippen LogP contribution < -0.4 is 32.0 Å². The number of nitrogens with zero attached hydrogens (tertiary/aromatic N) is 1. The van der Waals surface area contributed by atoms with Crippen LogP contribution in [-0.2, 0) is 16.1 Å². The number of halogens is 6. The van der Waals surface area contributed by atoms with Gasteiger partial charge in [0.1, 0.15) is 17.1 Å². The van der Waals surface area contributed by atoms with Crippen LogP contribution >= 0.6 is 0 Å². The summed E-state index contributed by atoms with van der Waals surface area (Å²) in [4.78, 5) is 44.1. The van der Waals surface area contributed by atoms with E-state index in [9.17, 15) is 35.9 Å². The number of nitrogens with two attached hydrogens (primary N) is 1. The van der Waals surface area contributed by atoms with Gasteiger partial charge < -0.3 is 31.3 Å². The molecule has 0 spiro atoms. The third-order valence-electron chi connectivity index (χ3n) is 6.72. The first kappa shape index (κ1) is 41.2. The van der Waals surface area contributed by atoms with Gasteiger partial charge in [-0.05, 0) is 69.4 Å². The number of anilines is 2. The highest BCUT2D eigenvalue weighted by Gasteiger charge is 2.38. The van der Waals surface area contributed by atoms with Gasteiger partial charge in [-0.2, -0.15) is 26.3 Å². The number of piperidine rings is 1. The zero-order valence-electron chi connectivity index (χ0n) is 25.9. The molecule has 11 nitrogen and oxygen atoms in total. The van der Waals surface area contributed by atoms with Crippen molar-refractivity contribution in [3.63, 3.8) is 0 Å². The molecular formula is C30H42F6N4O7. The Labute approximate surface area is 267 Å². The minimum Gasteiger partial charge on any atom is -0.494 e. The van der Waals surface area contributed by atoms with Crippen LogP contribution in [0.4, 0.5) is 37.7 Å². The molecule has 1 aliphatic rings. The van der Waals surface area contributed by atoms with E-state index in [0.717, 1.165) is 57.4 Å². The van der Waals surface area contributed by atoms with Gasteiger partial charge in [-0.15, -0.1) is 0 Å². The van der Waals surface area contributed by atoms with E-state index in [-0.39, 0.29) is 0 Å². The molecule has 266 valence electrons. The zero-order chi connectivity index (χ0) is 35.5. The van der Waals surface area contributed by atoms with Gasteiger partial charge in [0.2, 0.25) is 0 Å². The summed E-state index contributed by atoms with van der Waals surface area (Å²) in [6.07, 6.45) is -0.0540. The Hall–Kier alpha value is -3.86. The lowest BCUT2D eigenvalue weighted by Gasteiger charge is -2.26. The molecule has 0 aliphatic carbocycles. The molecule has 1 fully saturated rings. The number of nitrogens with one attached hydrogen (secondary N) is 2. The summed E-state index contributed by atoms with van der Waals surface area (Å²) in [5.41, 5.74) is 6.81. The standard InChI is InChI=1S/C26H40N4O3.2C2HF3O2/c27-13-5-2-1-3-6-14-28-23-24(26(32)25(23)31)29-15-10-18-33-22-12-9-11-21(19-22)20-30-16-7-4-8-17-30;2*3-2(4,5)1(6)7/h9,11-12,19,28-29H,1-8,10,13-18,20,27H2;2*(H,6,7). The van der Waals surface area contributed by atoms with E-state index in [1.807, 2.05) is 12.1 Å². The van der Waals surface area contributed by atoms with Crippen molar-refractivity contribution in [2.45, 2.75) is 76.7 Å². The van der Waals surface area contributed by atoms with Gasteiger partial charge in [-0.25, -0.2) is 9.59 Å². The number of likely N-dealkylation sites (tertiary alicyclic amines) is 1. The average molecular weight is 685 g/mol. The fourth-order valence-corrected chi connectivity index (χ4v) is 4.33. The molecule has 0 aromatic heterocycles. The predicted octanol–water partition coefficient (Wildman–Crippen LogP) is 4.74. The van der Waals surface area contributed by atoms with E-state index in [4.69, 9.17) is 30.3 Å². The molecule has 0 radical (unpaired) electrons. The van der Waals surface area contributed by atoms with E-state index < -0.39 is 35.1 Å². The summed E-state index contributed by atoms with van der Waals surface area (Å²) < 4.78 is 69.4. The topological polar surface area (TPSA) is 171 Å². The summed E-state index contributed by atoms with van der Waals surface area (Å²) in [6, 6.07) is 8.31. The van der Waals surface area contributed by atoms with Crippen molar-refractivity contribution in [2.75, 3.05) is 50.0 Å². The molecule has 0 atom stereocenters. The van der Waals surface area contributed by atoms with E-state index in [0.29, 0.717) is 31.1 Å². The second-order valence-electron chi connectivity index (χ2n) is 10.6. The van der Waals surface area contributed by atoms with Crippen molar-refractivity contribution in [2.24, 2.45) is 5.73 Å². The van der Waals surface area contributed by atoms with E-state index in [1.165, 1.54) is 37.9 Å². The lowest BCUT2D eigenvalue weighted by atomic mass is 10.1. The normalized spacial score (nSPS) is 13.5. The fraction of sp³-hybridized carbons (Fsp3) is 0.600. The Balaban J connectivity index is 0.000000658. The van der Waals surface area contributed by atoms with Crippen molar-refractivity contribution in [3.05, 3.63) is 50.3 Å². The Kier molecular flexibility index (Phi) is 18.5. The number of alkyl halides is 6. The van der Waals surface area contributed by atoms with E-state index >= 15 is 0 Å². The van der Waals surface area contributed by atoms with Crippen molar-refractivity contribution in [3.8, 4) is 5.75 Å². The minimum atomic E-state index is -5.08.